The predicted molar refractivity (Wildman–Crippen MR) is 113 cm³/mol. The lowest BCUT2D eigenvalue weighted by Crippen LogP contribution is -2.30. The third-order valence-corrected chi connectivity index (χ3v) is 4.88. The fourth-order valence-corrected chi connectivity index (χ4v) is 3.48. The first-order valence-electron chi connectivity index (χ1n) is 9.50. The maximum absolute atomic E-state index is 13.1. The van der Waals surface area contributed by atoms with E-state index in [2.05, 4.69) is 15.4 Å². The highest BCUT2D eigenvalue weighted by Gasteiger charge is 2.36. The van der Waals surface area contributed by atoms with Gasteiger partial charge in [0.05, 0.1) is 17.9 Å². The largest absolute Gasteiger partial charge is 0.463 e. The van der Waals surface area contributed by atoms with E-state index < -0.39 is 6.04 Å². The Labute approximate surface area is 169 Å². The van der Waals surface area contributed by atoms with Crippen LogP contribution in [0.4, 0.5) is 11.6 Å². The summed E-state index contributed by atoms with van der Waals surface area (Å²) in [4.78, 5) is 19.5. The molecule has 0 bridgehead atoms. The van der Waals surface area contributed by atoms with Crippen molar-refractivity contribution in [3.63, 3.8) is 0 Å². The van der Waals surface area contributed by atoms with Crippen LogP contribution in [-0.2, 0) is 9.53 Å². The van der Waals surface area contributed by atoms with Crippen LogP contribution in [0.15, 0.2) is 66.5 Å². The zero-order valence-corrected chi connectivity index (χ0v) is 16.7. The zero-order chi connectivity index (χ0) is 20.4. The first kappa shape index (κ1) is 18.7. The van der Waals surface area contributed by atoms with Crippen LogP contribution in [-0.4, -0.2) is 41.4 Å². The summed E-state index contributed by atoms with van der Waals surface area (Å²) < 4.78 is 7.16. The normalized spacial score (nSPS) is 15.5. The van der Waals surface area contributed by atoms with Gasteiger partial charge in [0.25, 0.3) is 0 Å². The van der Waals surface area contributed by atoms with Crippen LogP contribution in [0.3, 0.4) is 0 Å². The number of esters is 1. The molecule has 0 saturated carbocycles. The van der Waals surface area contributed by atoms with E-state index in [1.807, 2.05) is 73.6 Å². The van der Waals surface area contributed by atoms with Crippen LogP contribution >= 0.6 is 0 Å². The standard InChI is InChI=1S/C22H23N5O2/c1-4-29-21(28)18-19(15-8-6-5-7-9-15)25-22-23-14-24-27(22)20(18)16-10-12-17(13-11-16)26(2)3/h5-14,20H,4H2,1-3H3,(H,23,24,25)/t20-/m1/s1. The molecule has 0 amide bonds. The van der Waals surface area contributed by atoms with E-state index >= 15 is 0 Å². The van der Waals surface area contributed by atoms with Gasteiger partial charge in [0.15, 0.2) is 0 Å². The molecule has 7 heteroatoms. The van der Waals surface area contributed by atoms with Gasteiger partial charge in [0.1, 0.15) is 12.4 Å². The van der Waals surface area contributed by atoms with Gasteiger partial charge >= 0.3 is 5.97 Å². The Morgan fingerprint density at radius 3 is 2.52 bits per heavy atom. The number of aromatic nitrogens is 3. The van der Waals surface area contributed by atoms with Crippen molar-refractivity contribution in [3.8, 4) is 0 Å². The third-order valence-electron chi connectivity index (χ3n) is 4.88. The summed E-state index contributed by atoms with van der Waals surface area (Å²) in [7, 11) is 3.99. The van der Waals surface area contributed by atoms with Gasteiger partial charge in [0.2, 0.25) is 5.95 Å². The van der Waals surface area contributed by atoms with Gasteiger partial charge in [-0.15, -0.1) is 0 Å². The Kier molecular flexibility index (Phi) is 5.03. The number of hydrogen-bond donors (Lipinski definition) is 1. The average Bonchev–Trinajstić information content (AvgIpc) is 3.21. The number of nitrogens with zero attached hydrogens (tertiary/aromatic N) is 4. The highest BCUT2D eigenvalue weighted by Crippen LogP contribution is 2.39. The second kappa shape index (κ2) is 7.79. The van der Waals surface area contributed by atoms with Crippen molar-refractivity contribution in [1.29, 1.82) is 0 Å². The molecule has 0 spiro atoms. The van der Waals surface area contributed by atoms with Crippen molar-refractivity contribution in [2.24, 2.45) is 0 Å². The summed E-state index contributed by atoms with van der Waals surface area (Å²) in [5.41, 5.74) is 4.09. The summed E-state index contributed by atoms with van der Waals surface area (Å²) in [6, 6.07) is 17.4. The van der Waals surface area contributed by atoms with Crippen molar-refractivity contribution in [2.45, 2.75) is 13.0 Å². The monoisotopic (exact) mass is 389 g/mol. The maximum Gasteiger partial charge on any atom is 0.338 e. The molecule has 2 heterocycles. The molecule has 0 radical (unpaired) electrons. The van der Waals surface area contributed by atoms with Gasteiger partial charge in [-0.3, -0.25) is 0 Å². The minimum absolute atomic E-state index is 0.293. The number of carbonyl (C=O) groups is 1. The highest BCUT2D eigenvalue weighted by atomic mass is 16.5. The molecule has 1 aliphatic heterocycles. The van der Waals surface area contributed by atoms with Gasteiger partial charge < -0.3 is 15.0 Å². The molecular formula is C22H23N5O2. The fourth-order valence-electron chi connectivity index (χ4n) is 3.48. The van der Waals surface area contributed by atoms with Crippen LogP contribution in [0.25, 0.3) is 5.70 Å². The molecule has 1 aromatic heterocycles. The van der Waals surface area contributed by atoms with E-state index in [1.54, 1.807) is 11.6 Å². The Morgan fingerprint density at radius 1 is 1.14 bits per heavy atom. The molecule has 29 heavy (non-hydrogen) atoms. The Bertz CT molecular complexity index is 1040. The topological polar surface area (TPSA) is 72.3 Å². The van der Waals surface area contributed by atoms with Gasteiger partial charge in [-0.25, -0.2) is 9.48 Å². The van der Waals surface area contributed by atoms with Crippen LogP contribution < -0.4 is 10.2 Å². The number of nitrogens with one attached hydrogen (secondary N) is 1. The second-order valence-electron chi connectivity index (χ2n) is 6.92. The van der Waals surface area contributed by atoms with Gasteiger partial charge in [0, 0.05) is 19.8 Å². The summed E-state index contributed by atoms with van der Waals surface area (Å²) in [5, 5.41) is 7.66. The molecule has 1 N–H and O–H groups in total. The van der Waals surface area contributed by atoms with E-state index in [0.29, 0.717) is 23.8 Å². The molecule has 0 unspecified atom stereocenters. The third kappa shape index (κ3) is 3.47. The Morgan fingerprint density at radius 2 is 1.86 bits per heavy atom. The van der Waals surface area contributed by atoms with Crippen molar-refractivity contribution in [2.75, 3.05) is 30.9 Å². The van der Waals surface area contributed by atoms with E-state index in [4.69, 9.17) is 4.74 Å². The van der Waals surface area contributed by atoms with Crippen molar-refractivity contribution >= 4 is 23.3 Å². The minimum Gasteiger partial charge on any atom is -0.463 e. The minimum atomic E-state index is -0.445. The summed E-state index contributed by atoms with van der Waals surface area (Å²) in [6.45, 7) is 2.10. The first-order valence-corrected chi connectivity index (χ1v) is 9.50. The lowest BCUT2D eigenvalue weighted by atomic mass is 9.92. The van der Waals surface area contributed by atoms with E-state index in [-0.39, 0.29) is 5.97 Å². The van der Waals surface area contributed by atoms with E-state index in [0.717, 1.165) is 16.8 Å². The Hall–Kier alpha value is -3.61. The van der Waals surface area contributed by atoms with Gasteiger partial charge in [-0.2, -0.15) is 10.1 Å². The van der Waals surface area contributed by atoms with Crippen LogP contribution in [0.2, 0.25) is 0 Å². The first-order chi connectivity index (χ1) is 14.1. The highest BCUT2D eigenvalue weighted by molar-refractivity contribution is 6.02. The molecule has 3 aromatic rings. The maximum atomic E-state index is 13.1. The van der Waals surface area contributed by atoms with E-state index in [1.165, 1.54) is 6.33 Å². The van der Waals surface area contributed by atoms with Crippen molar-refractivity contribution in [3.05, 3.63) is 77.6 Å². The summed E-state index contributed by atoms with van der Waals surface area (Å²) in [5.74, 6) is 0.209. The molecular weight excluding hydrogens is 366 g/mol. The molecule has 7 nitrogen and oxygen atoms in total. The number of ether oxygens (including phenoxy) is 1. The SMILES string of the molecule is CCOC(=O)C1=C(c2ccccc2)Nc2ncnn2[C@@H]1c1ccc(N(C)C)cc1. The number of anilines is 2. The van der Waals surface area contributed by atoms with Crippen LogP contribution in [0, 0.1) is 0 Å². The number of benzene rings is 2. The number of rotatable bonds is 5. The molecule has 1 atom stereocenters. The van der Waals surface area contributed by atoms with E-state index in [9.17, 15) is 4.79 Å². The quantitative estimate of drug-likeness (QED) is 0.675. The number of fused-ring (bicyclic) bond motifs is 1. The molecule has 0 aliphatic carbocycles. The molecule has 1 aliphatic rings. The zero-order valence-electron chi connectivity index (χ0n) is 16.7. The summed E-state index contributed by atoms with van der Waals surface area (Å²) in [6.07, 6.45) is 1.49. The van der Waals surface area contributed by atoms with Gasteiger partial charge in [-0.1, -0.05) is 42.5 Å². The number of carbonyl (C=O) groups excluding carboxylic acids is 1. The molecule has 0 fully saturated rings. The number of hydrogen-bond acceptors (Lipinski definition) is 6. The average molecular weight is 389 g/mol. The second-order valence-corrected chi connectivity index (χ2v) is 6.92. The predicted octanol–water partition coefficient (Wildman–Crippen LogP) is 3.33. The van der Waals surface area contributed by atoms with Crippen LogP contribution in [0.1, 0.15) is 24.1 Å². The molecule has 0 saturated heterocycles. The molecule has 2 aromatic carbocycles. The molecule has 4 rings (SSSR count). The Balaban J connectivity index is 1.91. The lowest BCUT2D eigenvalue weighted by Gasteiger charge is -2.29. The van der Waals surface area contributed by atoms with Crippen molar-refractivity contribution in [1.82, 2.24) is 14.8 Å². The molecule has 148 valence electrons. The smallest absolute Gasteiger partial charge is 0.338 e. The van der Waals surface area contributed by atoms with Crippen molar-refractivity contribution < 1.29 is 9.53 Å². The lowest BCUT2D eigenvalue weighted by molar-refractivity contribution is -0.138. The summed E-state index contributed by atoms with van der Waals surface area (Å²) >= 11 is 0. The van der Waals surface area contributed by atoms with Crippen LogP contribution in [0.5, 0.6) is 0 Å². The fraction of sp³-hybridized carbons (Fsp3) is 0.227. The van der Waals surface area contributed by atoms with Gasteiger partial charge in [-0.05, 0) is 30.2 Å².